The van der Waals surface area contributed by atoms with E-state index < -0.39 is 5.97 Å². The van der Waals surface area contributed by atoms with Crippen molar-refractivity contribution in [1.29, 1.82) is 0 Å². The molecule has 0 bridgehead atoms. The molecular weight excluding hydrogens is 470 g/mol. The van der Waals surface area contributed by atoms with E-state index in [-0.39, 0.29) is 5.56 Å². The van der Waals surface area contributed by atoms with E-state index in [9.17, 15) is 9.90 Å². The first-order chi connectivity index (χ1) is 14.4. The molecule has 0 heterocycles. The SMILES string of the molecule is COc1cc(CNc2cccc(C(=O)O)c2C)cc(Br)c1OCc1ccc(Cl)cc1. The largest absolute Gasteiger partial charge is 0.493 e. The number of methoxy groups -OCH3 is 1. The predicted molar refractivity (Wildman–Crippen MR) is 122 cm³/mol. The molecule has 30 heavy (non-hydrogen) atoms. The average molecular weight is 491 g/mol. The molecule has 156 valence electrons. The van der Waals surface area contributed by atoms with Gasteiger partial charge in [-0.15, -0.1) is 0 Å². The van der Waals surface area contributed by atoms with Crippen LogP contribution in [0.4, 0.5) is 5.69 Å². The fourth-order valence-corrected chi connectivity index (χ4v) is 3.74. The number of carboxylic acids is 1. The van der Waals surface area contributed by atoms with Gasteiger partial charge < -0.3 is 19.9 Å². The molecular formula is C23H21BrClNO4. The van der Waals surface area contributed by atoms with Gasteiger partial charge in [0, 0.05) is 17.3 Å². The van der Waals surface area contributed by atoms with Gasteiger partial charge in [-0.1, -0.05) is 29.8 Å². The molecule has 7 heteroatoms. The highest BCUT2D eigenvalue weighted by Gasteiger charge is 2.14. The number of rotatable bonds is 8. The molecule has 0 amide bonds. The van der Waals surface area contributed by atoms with Gasteiger partial charge in [0.1, 0.15) is 6.61 Å². The van der Waals surface area contributed by atoms with Crippen LogP contribution in [-0.4, -0.2) is 18.2 Å². The molecule has 3 aromatic rings. The average Bonchev–Trinajstić information content (AvgIpc) is 2.72. The molecule has 0 saturated carbocycles. The Balaban J connectivity index is 1.74. The van der Waals surface area contributed by atoms with Gasteiger partial charge in [-0.3, -0.25) is 0 Å². The van der Waals surface area contributed by atoms with Crippen LogP contribution in [0.1, 0.15) is 27.0 Å². The van der Waals surface area contributed by atoms with Gasteiger partial charge in [0.25, 0.3) is 0 Å². The van der Waals surface area contributed by atoms with Gasteiger partial charge in [-0.25, -0.2) is 4.79 Å². The Bertz CT molecular complexity index is 1050. The molecule has 0 atom stereocenters. The van der Waals surface area contributed by atoms with Crippen molar-refractivity contribution in [2.24, 2.45) is 0 Å². The Morgan fingerprint density at radius 3 is 2.53 bits per heavy atom. The predicted octanol–water partition coefficient (Wildman–Crippen LogP) is 6.31. The second-order valence-corrected chi connectivity index (χ2v) is 7.95. The second kappa shape index (κ2) is 9.87. The third-order valence-corrected chi connectivity index (χ3v) is 5.47. The molecule has 0 unspecified atom stereocenters. The Morgan fingerprint density at radius 1 is 1.13 bits per heavy atom. The molecule has 2 N–H and O–H groups in total. The molecule has 0 aromatic heterocycles. The van der Waals surface area contributed by atoms with E-state index >= 15 is 0 Å². The minimum absolute atomic E-state index is 0.282. The van der Waals surface area contributed by atoms with Crippen LogP contribution in [0.3, 0.4) is 0 Å². The minimum atomic E-state index is -0.942. The van der Waals surface area contributed by atoms with Gasteiger partial charge >= 0.3 is 5.97 Å². The van der Waals surface area contributed by atoms with Gasteiger partial charge in [0.05, 0.1) is 17.1 Å². The highest BCUT2D eigenvalue weighted by Crippen LogP contribution is 2.37. The van der Waals surface area contributed by atoms with Crippen LogP contribution >= 0.6 is 27.5 Å². The number of hydrogen-bond donors (Lipinski definition) is 2. The Hall–Kier alpha value is -2.70. The second-order valence-electron chi connectivity index (χ2n) is 6.66. The molecule has 0 saturated heterocycles. The zero-order chi connectivity index (χ0) is 21.7. The van der Waals surface area contributed by atoms with Crippen LogP contribution in [0.15, 0.2) is 59.1 Å². The van der Waals surface area contributed by atoms with Gasteiger partial charge in [0.2, 0.25) is 0 Å². The van der Waals surface area contributed by atoms with Crippen LogP contribution in [0.25, 0.3) is 0 Å². The first-order valence-corrected chi connectivity index (χ1v) is 10.4. The Kier molecular flexibility index (Phi) is 7.24. The van der Waals surface area contributed by atoms with Crippen molar-refractivity contribution in [3.63, 3.8) is 0 Å². The lowest BCUT2D eigenvalue weighted by atomic mass is 10.1. The van der Waals surface area contributed by atoms with Crippen molar-refractivity contribution in [3.8, 4) is 11.5 Å². The summed E-state index contributed by atoms with van der Waals surface area (Å²) in [6, 6.07) is 16.5. The van der Waals surface area contributed by atoms with Crippen molar-refractivity contribution < 1.29 is 19.4 Å². The highest BCUT2D eigenvalue weighted by molar-refractivity contribution is 9.10. The van der Waals surface area contributed by atoms with E-state index in [1.165, 1.54) is 0 Å². The summed E-state index contributed by atoms with van der Waals surface area (Å²) in [6.45, 7) is 2.66. The fraction of sp³-hybridized carbons (Fsp3) is 0.174. The number of benzene rings is 3. The monoisotopic (exact) mass is 489 g/mol. The lowest BCUT2D eigenvalue weighted by Gasteiger charge is -2.16. The van der Waals surface area contributed by atoms with E-state index in [1.807, 2.05) is 42.5 Å². The molecule has 0 aliphatic rings. The molecule has 5 nitrogen and oxygen atoms in total. The number of carboxylic acid groups (broad SMARTS) is 1. The van der Waals surface area contributed by atoms with Crippen molar-refractivity contribution in [2.45, 2.75) is 20.1 Å². The standard InChI is InChI=1S/C23H21BrClNO4/c1-14-18(23(27)28)4-3-5-20(14)26-12-16-10-19(24)22(21(11-16)29-2)30-13-15-6-8-17(25)9-7-15/h3-11,26H,12-13H2,1-2H3,(H,27,28). The van der Waals surface area contributed by atoms with E-state index in [0.29, 0.717) is 35.2 Å². The van der Waals surface area contributed by atoms with Gasteiger partial charge in [-0.2, -0.15) is 0 Å². The van der Waals surface area contributed by atoms with Crippen molar-refractivity contribution in [3.05, 3.63) is 86.3 Å². The number of halogens is 2. The summed E-state index contributed by atoms with van der Waals surface area (Å²) in [6.07, 6.45) is 0. The van der Waals surface area contributed by atoms with E-state index in [2.05, 4.69) is 21.2 Å². The molecule has 0 aliphatic heterocycles. The zero-order valence-electron chi connectivity index (χ0n) is 16.5. The number of anilines is 1. The molecule has 0 aliphatic carbocycles. The number of carbonyl (C=O) groups is 1. The number of nitrogens with one attached hydrogen (secondary N) is 1. The van der Waals surface area contributed by atoms with Gasteiger partial charge in [-0.05, 0) is 75.9 Å². The first kappa shape index (κ1) is 22.0. The maximum atomic E-state index is 11.3. The number of aromatic carboxylic acids is 1. The zero-order valence-corrected chi connectivity index (χ0v) is 18.9. The van der Waals surface area contributed by atoms with Crippen LogP contribution < -0.4 is 14.8 Å². The quantitative estimate of drug-likeness (QED) is 0.387. The van der Waals surface area contributed by atoms with Crippen molar-refractivity contribution in [1.82, 2.24) is 0 Å². The van der Waals surface area contributed by atoms with E-state index in [1.54, 1.807) is 26.2 Å². The molecule has 3 rings (SSSR count). The fourth-order valence-electron chi connectivity index (χ4n) is 3.01. The third-order valence-electron chi connectivity index (χ3n) is 4.63. The van der Waals surface area contributed by atoms with E-state index in [0.717, 1.165) is 21.3 Å². The number of hydrogen-bond acceptors (Lipinski definition) is 4. The van der Waals surface area contributed by atoms with E-state index in [4.69, 9.17) is 21.1 Å². The van der Waals surface area contributed by atoms with Crippen LogP contribution in [0, 0.1) is 6.92 Å². The Labute approximate surface area is 188 Å². The van der Waals surface area contributed by atoms with Crippen LogP contribution in [0.2, 0.25) is 5.02 Å². The molecule has 0 radical (unpaired) electrons. The maximum Gasteiger partial charge on any atom is 0.336 e. The lowest BCUT2D eigenvalue weighted by Crippen LogP contribution is -2.06. The normalized spacial score (nSPS) is 10.5. The van der Waals surface area contributed by atoms with Crippen LogP contribution in [0.5, 0.6) is 11.5 Å². The summed E-state index contributed by atoms with van der Waals surface area (Å²) in [4.78, 5) is 11.3. The minimum Gasteiger partial charge on any atom is -0.493 e. The summed E-state index contributed by atoms with van der Waals surface area (Å²) < 4.78 is 12.2. The highest BCUT2D eigenvalue weighted by atomic mass is 79.9. The first-order valence-electron chi connectivity index (χ1n) is 9.19. The van der Waals surface area contributed by atoms with Crippen molar-refractivity contribution in [2.75, 3.05) is 12.4 Å². The molecule has 3 aromatic carbocycles. The molecule has 0 spiro atoms. The smallest absolute Gasteiger partial charge is 0.336 e. The van der Waals surface area contributed by atoms with Crippen LogP contribution in [-0.2, 0) is 13.2 Å². The Morgan fingerprint density at radius 2 is 1.87 bits per heavy atom. The topological polar surface area (TPSA) is 67.8 Å². The lowest BCUT2D eigenvalue weighted by molar-refractivity contribution is 0.0696. The summed E-state index contributed by atoms with van der Waals surface area (Å²) in [5.41, 5.74) is 3.70. The van der Waals surface area contributed by atoms with Gasteiger partial charge in [0.15, 0.2) is 11.5 Å². The maximum absolute atomic E-state index is 11.3. The summed E-state index contributed by atoms with van der Waals surface area (Å²) in [5.74, 6) is 0.272. The molecule has 0 fully saturated rings. The number of ether oxygens (including phenoxy) is 2. The van der Waals surface area contributed by atoms with Crippen molar-refractivity contribution >= 4 is 39.2 Å². The summed E-state index contributed by atoms with van der Waals surface area (Å²) >= 11 is 9.49. The summed E-state index contributed by atoms with van der Waals surface area (Å²) in [5, 5.41) is 13.3. The summed E-state index contributed by atoms with van der Waals surface area (Å²) in [7, 11) is 1.59. The third kappa shape index (κ3) is 5.26.